The molecule has 0 unspecified atom stereocenters. The van der Waals surface area contributed by atoms with Gasteiger partial charge in [-0.25, -0.2) is 4.98 Å². The second-order valence-electron chi connectivity index (χ2n) is 6.00. The number of rotatable bonds is 8. The van der Waals surface area contributed by atoms with Crippen LogP contribution in [0.1, 0.15) is 17.3 Å². The van der Waals surface area contributed by atoms with Gasteiger partial charge in [0.1, 0.15) is 0 Å². The molecule has 3 rings (SSSR count). The smallest absolute Gasteiger partial charge is 0.234 e. The van der Waals surface area contributed by atoms with E-state index in [0.717, 1.165) is 16.2 Å². The van der Waals surface area contributed by atoms with Crippen molar-refractivity contribution in [1.29, 1.82) is 0 Å². The number of benzene rings is 2. The number of aromatic nitrogens is 2. The van der Waals surface area contributed by atoms with Gasteiger partial charge in [0.15, 0.2) is 10.9 Å². The Kier molecular flexibility index (Phi) is 6.26. The van der Waals surface area contributed by atoms with E-state index >= 15 is 0 Å². The van der Waals surface area contributed by atoms with E-state index < -0.39 is 0 Å². The number of ether oxygens (including phenoxy) is 1. The summed E-state index contributed by atoms with van der Waals surface area (Å²) in [5.74, 6) is 0.0408. The summed E-state index contributed by atoms with van der Waals surface area (Å²) in [7, 11) is 1.66. The maximum Gasteiger partial charge on any atom is 0.234 e. The molecule has 7 heteroatoms. The van der Waals surface area contributed by atoms with E-state index in [1.165, 1.54) is 18.7 Å². The van der Waals surface area contributed by atoms with Crippen LogP contribution in [0.3, 0.4) is 0 Å². The van der Waals surface area contributed by atoms with Crippen molar-refractivity contribution in [3.05, 3.63) is 54.1 Å². The number of para-hydroxylation sites is 2. The molecule has 6 nitrogen and oxygen atoms in total. The number of Topliss-reactive ketones (excluding diaryl/α,β-unsaturated/α-hetero) is 1. The summed E-state index contributed by atoms with van der Waals surface area (Å²) in [6.45, 7) is 2.74. The molecule has 1 heterocycles. The van der Waals surface area contributed by atoms with Crippen LogP contribution < -0.4 is 5.32 Å². The number of carbonyl (C=O) groups is 2. The topological polar surface area (TPSA) is 73.2 Å². The SMILES string of the molecule is COCCn1c(SCC(=O)Nc2cccc(C(C)=O)c2)nc2ccccc21. The van der Waals surface area contributed by atoms with Crippen LogP contribution in [-0.2, 0) is 16.1 Å². The lowest BCUT2D eigenvalue weighted by Gasteiger charge is -2.09. The van der Waals surface area contributed by atoms with E-state index in [2.05, 4.69) is 14.9 Å². The number of hydrogen-bond donors (Lipinski definition) is 1. The van der Waals surface area contributed by atoms with Crippen LogP contribution in [0.4, 0.5) is 5.69 Å². The van der Waals surface area contributed by atoms with Crippen molar-refractivity contribution in [1.82, 2.24) is 9.55 Å². The maximum absolute atomic E-state index is 12.3. The summed E-state index contributed by atoms with van der Waals surface area (Å²) in [4.78, 5) is 28.4. The molecule has 1 N–H and O–H groups in total. The molecular formula is C20H21N3O3S. The van der Waals surface area contributed by atoms with Crippen LogP contribution in [0.15, 0.2) is 53.7 Å². The maximum atomic E-state index is 12.3. The Morgan fingerprint density at radius 2 is 2.00 bits per heavy atom. The Morgan fingerprint density at radius 1 is 1.19 bits per heavy atom. The number of anilines is 1. The molecule has 2 aromatic carbocycles. The molecule has 0 aliphatic carbocycles. The van der Waals surface area contributed by atoms with Crippen molar-refractivity contribution in [2.75, 3.05) is 24.8 Å². The van der Waals surface area contributed by atoms with E-state index in [1.807, 2.05) is 24.3 Å². The number of imidazole rings is 1. The highest BCUT2D eigenvalue weighted by Gasteiger charge is 2.13. The zero-order valence-electron chi connectivity index (χ0n) is 15.3. The third-order valence-electron chi connectivity index (χ3n) is 4.02. The summed E-state index contributed by atoms with van der Waals surface area (Å²) < 4.78 is 7.25. The first-order valence-electron chi connectivity index (χ1n) is 8.56. The number of thioether (sulfide) groups is 1. The van der Waals surface area contributed by atoms with Crippen LogP contribution in [0.25, 0.3) is 11.0 Å². The second-order valence-corrected chi connectivity index (χ2v) is 6.94. The molecule has 0 saturated carbocycles. The number of ketones is 1. The third-order valence-corrected chi connectivity index (χ3v) is 5.00. The van der Waals surface area contributed by atoms with Gasteiger partial charge in [0, 0.05) is 24.9 Å². The van der Waals surface area contributed by atoms with Crippen LogP contribution in [0.5, 0.6) is 0 Å². The summed E-state index contributed by atoms with van der Waals surface area (Å²) in [6, 6.07) is 14.8. The lowest BCUT2D eigenvalue weighted by Crippen LogP contribution is -2.15. The molecule has 0 spiro atoms. The van der Waals surface area contributed by atoms with Crippen molar-refractivity contribution in [3.63, 3.8) is 0 Å². The van der Waals surface area contributed by atoms with Gasteiger partial charge in [-0.1, -0.05) is 36.0 Å². The first-order valence-corrected chi connectivity index (χ1v) is 9.55. The van der Waals surface area contributed by atoms with E-state index in [4.69, 9.17) is 4.74 Å². The predicted octanol–water partition coefficient (Wildman–Crippen LogP) is 3.62. The van der Waals surface area contributed by atoms with Gasteiger partial charge >= 0.3 is 0 Å². The van der Waals surface area contributed by atoms with Gasteiger partial charge < -0.3 is 14.6 Å². The van der Waals surface area contributed by atoms with Gasteiger partial charge in [-0.2, -0.15) is 0 Å². The van der Waals surface area contributed by atoms with Crippen LogP contribution in [0.2, 0.25) is 0 Å². The molecule has 0 bridgehead atoms. The first kappa shape index (κ1) is 19.1. The Bertz CT molecular complexity index is 968. The fourth-order valence-corrected chi connectivity index (χ4v) is 3.55. The minimum atomic E-state index is -0.147. The number of hydrogen-bond acceptors (Lipinski definition) is 5. The third kappa shape index (κ3) is 4.75. The average Bonchev–Trinajstić information content (AvgIpc) is 3.02. The van der Waals surface area contributed by atoms with E-state index in [0.29, 0.717) is 24.4 Å². The molecule has 140 valence electrons. The fourth-order valence-electron chi connectivity index (χ4n) is 2.71. The van der Waals surface area contributed by atoms with Gasteiger partial charge in [0.25, 0.3) is 0 Å². The largest absolute Gasteiger partial charge is 0.383 e. The first-order chi connectivity index (χ1) is 13.1. The molecule has 0 radical (unpaired) electrons. The Labute approximate surface area is 161 Å². The lowest BCUT2D eigenvalue weighted by atomic mass is 10.1. The summed E-state index contributed by atoms with van der Waals surface area (Å²) in [5.41, 5.74) is 3.10. The Balaban J connectivity index is 1.69. The highest BCUT2D eigenvalue weighted by atomic mass is 32.2. The molecule has 0 aliphatic rings. The molecule has 0 saturated heterocycles. The second kappa shape index (κ2) is 8.83. The van der Waals surface area contributed by atoms with Crippen molar-refractivity contribution in [3.8, 4) is 0 Å². The Hall–Kier alpha value is -2.64. The van der Waals surface area contributed by atoms with E-state index in [1.54, 1.807) is 31.4 Å². The van der Waals surface area contributed by atoms with E-state index in [-0.39, 0.29) is 17.4 Å². The molecule has 0 fully saturated rings. The van der Waals surface area contributed by atoms with Gasteiger partial charge in [-0.3, -0.25) is 9.59 Å². The monoisotopic (exact) mass is 383 g/mol. The highest BCUT2D eigenvalue weighted by Crippen LogP contribution is 2.24. The summed E-state index contributed by atoms with van der Waals surface area (Å²) in [6.07, 6.45) is 0. The number of nitrogens with zero attached hydrogens (tertiary/aromatic N) is 2. The quantitative estimate of drug-likeness (QED) is 0.475. The number of fused-ring (bicyclic) bond motifs is 1. The highest BCUT2D eigenvalue weighted by molar-refractivity contribution is 7.99. The standard InChI is InChI=1S/C20H21N3O3S/c1-14(24)15-6-5-7-16(12-15)21-19(25)13-27-20-22-17-8-3-4-9-18(17)23(20)10-11-26-2/h3-9,12H,10-11,13H2,1-2H3,(H,21,25). The van der Waals surface area contributed by atoms with Crippen molar-refractivity contribution >= 4 is 40.2 Å². The van der Waals surface area contributed by atoms with E-state index in [9.17, 15) is 9.59 Å². The average molecular weight is 383 g/mol. The molecule has 1 amide bonds. The van der Waals surface area contributed by atoms with Crippen molar-refractivity contribution < 1.29 is 14.3 Å². The number of amides is 1. The van der Waals surface area contributed by atoms with Gasteiger partial charge in [-0.15, -0.1) is 0 Å². The van der Waals surface area contributed by atoms with Crippen LogP contribution >= 0.6 is 11.8 Å². The lowest BCUT2D eigenvalue weighted by molar-refractivity contribution is -0.113. The molecule has 1 aromatic heterocycles. The van der Waals surface area contributed by atoms with Crippen LogP contribution in [-0.4, -0.2) is 40.7 Å². The molecule has 0 atom stereocenters. The number of methoxy groups -OCH3 is 1. The zero-order chi connectivity index (χ0) is 19.2. The summed E-state index contributed by atoms with van der Waals surface area (Å²) >= 11 is 1.38. The molecule has 0 aliphatic heterocycles. The summed E-state index contributed by atoms with van der Waals surface area (Å²) in [5, 5.41) is 3.61. The van der Waals surface area contributed by atoms with Crippen molar-refractivity contribution in [2.45, 2.75) is 18.6 Å². The normalized spacial score (nSPS) is 10.9. The molecule has 3 aromatic rings. The molecule has 27 heavy (non-hydrogen) atoms. The minimum absolute atomic E-state index is 0.0349. The van der Waals surface area contributed by atoms with Gasteiger partial charge in [0.05, 0.1) is 23.4 Å². The van der Waals surface area contributed by atoms with Gasteiger partial charge in [0.2, 0.25) is 5.91 Å². The predicted molar refractivity (Wildman–Crippen MR) is 107 cm³/mol. The fraction of sp³-hybridized carbons (Fsp3) is 0.250. The number of carbonyl (C=O) groups excluding carboxylic acids is 2. The Morgan fingerprint density at radius 3 is 2.78 bits per heavy atom. The zero-order valence-corrected chi connectivity index (χ0v) is 16.1. The number of nitrogens with one attached hydrogen (secondary N) is 1. The van der Waals surface area contributed by atoms with Crippen LogP contribution in [0, 0.1) is 0 Å². The van der Waals surface area contributed by atoms with Crippen molar-refractivity contribution in [2.24, 2.45) is 0 Å². The van der Waals surface area contributed by atoms with Gasteiger partial charge in [-0.05, 0) is 31.2 Å². The molecular weight excluding hydrogens is 362 g/mol. The minimum Gasteiger partial charge on any atom is -0.383 e.